The molecule has 3 fully saturated rings. The fourth-order valence-corrected chi connectivity index (χ4v) is 7.36. The fourth-order valence-electron chi connectivity index (χ4n) is 7.17. The molecule has 1 spiro atoms. The first kappa shape index (κ1) is 27.0. The number of carbonyl (C=O) groups excluding carboxylic acids is 3. The molecule has 210 valence electrons. The summed E-state index contributed by atoms with van der Waals surface area (Å²) in [4.78, 5) is 43.6. The number of nitrogens with one attached hydrogen (secondary N) is 2. The van der Waals surface area contributed by atoms with Gasteiger partial charge in [-0.1, -0.05) is 86.3 Å². The molecular formula is C32H36ClN3O4. The average molecular weight is 562 g/mol. The molecule has 2 bridgehead atoms. The zero-order valence-corrected chi connectivity index (χ0v) is 23.9. The second kappa shape index (κ2) is 10.3. The largest absolute Gasteiger partial charge is 0.359 e. The molecule has 7 nitrogen and oxygen atoms in total. The van der Waals surface area contributed by atoms with E-state index in [2.05, 4.69) is 24.5 Å². The van der Waals surface area contributed by atoms with Gasteiger partial charge in [0.05, 0.1) is 17.9 Å². The number of amides is 3. The number of fused-ring (bicyclic) bond motifs is 1. The molecule has 2 N–H and O–H groups in total. The summed E-state index contributed by atoms with van der Waals surface area (Å²) in [6.45, 7) is 6.69. The standard InChI is InChI=1S/C32H36ClN3O4/c1-18-10-12-21(13-11-18)17-36-28(30(38)35-24-9-4-6-19(2)20(24)3)32-15-14-25(40-32)26(27(32)31(36)39)29(37)34-23-8-5-7-22(33)16-23/h5,7-8,10-16,19-20,24-28H,4,6,9,17H2,1-3H3,(H,34,37)(H,35,38)/t19-,20+,24+,25-,26+,27-,28-,32-/m0/s1. The van der Waals surface area contributed by atoms with Crippen molar-refractivity contribution in [2.24, 2.45) is 23.7 Å². The molecule has 0 radical (unpaired) electrons. The van der Waals surface area contributed by atoms with E-state index in [0.717, 1.165) is 30.4 Å². The lowest BCUT2D eigenvalue weighted by Crippen LogP contribution is -2.57. The van der Waals surface area contributed by atoms with Crippen molar-refractivity contribution in [2.75, 3.05) is 5.32 Å². The van der Waals surface area contributed by atoms with E-state index in [4.69, 9.17) is 16.3 Å². The summed E-state index contributed by atoms with van der Waals surface area (Å²) < 4.78 is 6.49. The van der Waals surface area contributed by atoms with Crippen LogP contribution in [0.15, 0.2) is 60.7 Å². The highest BCUT2D eigenvalue weighted by molar-refractivity contribution is 6.30. The lowest BCUT2D eigenvalue weighted by atomic mass is 9.73. The van der Waals surface area contributed by atoms with E-state index in [0.29, 0.717) is 22.5 Å². The molecule has 3 amide bonds. The quantitative estimate of drug-likeness (QED) is 0.492. The number of ether oxygens (including phenoxy) is 1. The number of carbonyl (C=O) groups is 3. The van der Waals surface area contributed by atoms with Gasteiger partial charge in [0.2, 0.25) is 17.7 Å². The number of hydrogen-bond acceptors (Lipinski definition) is 4. The van der Waals surface area contributed by atoms with Gasteiger partial charge in [-0.05, 0) is 48.9 Å². The van der Waals surface area contributed by atoms with Crippen molar-refractivity contribution in [3.63, 3.8) is 0 Å². The van der Waals surface area contributed by atoms with Crippen LogP contribution in [0.2, 0.25) is 5.02 Å². The van der Waals surface area contributed by atoms with Crippen LogP contribution in [0, 0.1) is 30.6 Å². The van der Waals surface area contributed by atoms with Crippen molar-refractivity contribution in [3.8, 4) is 0 Å². The van der Waals surface area contributed by atoms with Crippen molar-refractivity contribution in [3.05, 3.63) is 76.8 Å². The van der Waals surface area contributed by atoms with Crippen molar-refractivity contribution in [2.45, 2.75) is 70.4 Å². The van der Waals surface area contributed by atoms with Crippen LogP contribution in [0.25, 0.3) is 0 Å². The predicted octanol–water partition coefficient (Wildman–Crippen LogP) is 4.88. The van der Waals surface area contributed by atoms with Gasteiger partial charge in [0.15, 0.2) is 0 Å². The van der Waals surface area contributed by atoms with Crippen LogP contribution in [0.3, 0.4) is 0 Å². The molecule has 2 aromatic rings. The van der Waals surface area contributed by atoms with Crippen LogP contribution in [0.4, 0.5) is 5.69 Å². The molecule has 1 saturated carbocycles. The van der Waals surface area contributed by atoms with Crippen molar-refractivity contribution in [1.82, 2.24) is 10.2 Å². The molecule has 6 rings (SSSR count). The summed E-state index contributed by atoms with van der Waals surface area (Å²) in [5.41, 5.74) is 1.39. The summed E-state index contributed by atoms with van der Waals surface area (Å²) >= 11 is 6.13. The van der Waals surface area contributed by atoms with Gasteiger partial charge in [0.25, 0.3) is 0 Å². The topological polar surface area (TPSA) is 87.7 Å². The highest BCUT2D eigenvalue weighted by Crippen LogP contribution is 2.55. The van der Waals surface area contributed by atoms with Crippen LogP contribution in [-0.2, 0) is 25.7 Å². The number of aryl methyl sites for hydroxylation is 1. The van der Waals surface area contributed by atoms with Crippen molar-refractivity contribution >= 4 is 35.0 Å². The van der Waals surface area contributed by atoms with E-state index in [9.17, 15) is 14.4 Å². The maximum atomic E-state index is 14.2. The predicted molar refractivity (Wildman–Crippen MR) is 153 cm³/mol. The highest BCUT2D eigenvalue weighted by Gasteiger charge is 2.72. The third-order valence-electron chi connectivity index (χ3n) is 9.53. The maximum Gasteiger partial charge on any atom is 0.246 e. The second-order valence-electron chi connectivity index (χ2n) is 12.0. The summed E-state index contributed by atoms with van der Waals surface area (Å²) in [6.07, 6.45) is 6.24. The number of halogens is 1. The average Bonchev–Trinajstić information content (AvgIpc) is 3.55. The molecule has 0 aromatic heterocycles. The Hall–Kier alpha value is -3.16. The Bertz CT molecular complexity index is 1360. The first-order valence-corrected chi connectivity index (χ1v) is 14.7. The van der Waals surface area contributed by atoms with Gasteiger partial charge in [0.1, 0.15) is 11.6 Å². The molecule has 40 heavy (non-hydrogen) atoms. The van der Waals surface area contributed by atoms with Gasteiger partial charge in [0, 0.05) is 23.3 Å². The molecule has 8 heteroatoms. The van der Waals surface area contributed by atoms with Crippen molar-refractivity contribution in [1.29, 1.82) is 0 Å². The van der Waals surface area contributed by atoms with Gasteiger partial charge >= 0.3 is 0 Å². The van der Waals surface area contributed by atoms with E-state index in [-0.39, 0.29) is 30.3 Å². The van der Waals surface area contributed by atoms with Crippen LogP contribution in [-0.4, -0.2) is 46.4 Å². The molecule has 2 saturated heterocycles. The second-order valence-corrected chi connectivity index (χ2v) is 12.5. The Morgan fingerprint density at radius 2 is 1.88 bits per heavy atom. The normalized spacial score (nSPS) is 34.1. The smallest absolute Gasteiger partial charge is 0.246 e. The number of rotatable bonds is 6. The third kappa shape index (κ3) is 4.53. The SMILES string of the molecule is Cc1ccc(CN2C(=O)[C@@H]3[C@H](C(=O)Nc4cccc(Cl)c4)[C@@H]4C=C[C@@]3(O4)[C@@H]2C(=O)N[C@@H]2CCC[C@H](C)[C@H]2C)cc1. The van der Waals surface area contributed by atoms with Gasteiger partial charge in [-0.3, -0.25) is 14.4 Å². The first-order chi connectivity index (χ1) is 19.2. The Morgan fingerprint density at radius 1 is 1.10 bits per heavy atom. The zero-order chi connectivity index (χ0) is 28.2. The summed E-state index contributed by atoms with van der Waals surface area (Å²) in [5, 5.41) is 6.73. The van der Waals surface area contributed by atoms with Gasteiger partial charge in [-0.25, -0.2) is 0 Å². The van der Waals surface area contributed by atoms with E-state index >= 15 is 0 Å². The Morgan fingerprint density at radius 3 is 2.62 bits per heavy atom. The van der Waals surface area contributed by atoms with E-state index in [1.807, 2.05) is 43.3 Å². The number of nitrogens with zero attached hydrogens (tertiary/aromatic N) is 1. The molecule has 4 aliphatic rings. The molecule has 3 heterocycles. The maximum absolute atomic E-state index is 14.2. The molecule has 3 aliphatic heterocycles. The third-order valence-corrected chi connectivity index (χ3v) is 9.76. The molecule has 8 atom stereocenters. The summed E-state index contributed by atoms with van der Waals surface area (Å²) in [5.74, 6) is -1.48. The number of benzene rings is 2. The molecule has 1 aliphatic carbocycles. The lowest BCUT2D eigenvalue weighted by molar-refractivity contribution is -0.142. The van der Waals surface area contributed by atoms with Crippen LogP contribution in [0.5, 0.6) is 0 Å². The van der Waals surface area contributed by atoms with E-state index in [1.54, 1.807) is 29.2 Å². The minimum absolute atomic E-state index is 0.0348. The summed E-state index contributed by atoms with van der Waals surface area (Å²) in [7, 11) is 0. The van der Waals surface area contributed by atoms with Crippen LogP contribution in [0.1, 0.15) is 44.2 Å². The molecular weight excluding hydrogens is 526 g/mol. The van der Waals surface area contributed by atoms with Gasteiger partial charge in [-0.2, -0.15) is 0 Å². The van der Waals surface area contributed by atoms with Gasteiger partial charge < -0.3 is 20.3 Å². The lowest BCUT2D eigenvalue weighted by Gasteiger charge is -2.38. The first-order valence-electron chi connectivity index (χ1n) is 14.3. The minimum atomic E-state index is -1.20. The number of anilines is 1. The Balaban J connectivity index is 1.33. The summed E-state index contributed by atoms with van der Waals surface area (Å²) in [6, 6.07) is 14.0. The Labute approximate surface area is 240 Å². The van der Waals surface area contributed by atoms with Crippen molar-refractivity contribution < 1.29 is 19.1 Å². The highest BCUT2D eigenvalue weighted by atomic mass is 35.5. The van der Waals surface area contributed by atoms with Gasteiger partial charge in [-0.15, -0.1) is 0 Å². The van der Waals surface area contributed by atoms with Crippen LogP contribution < -0.4 is 10.6 Å². The van der Waals surface area contributed by atoms with Crippen LogP contribution >= 0.6 is 11.6 Å². The number of likely N-dealkylation sites (tertiary alicyclic amines) is 1. The zero-order valence-electron chi connectivity index (χ0n) is 23.1. The van der Waals surface area contributed by atoms with E-state index in [1.165, 1.54) is 0 Å². The fraction of sp³-hybridized carbons (Fsp3) is 0.469. The Kier molecular flexibility index (Phi) is 6.99. The number of hydrogen-bond donors (Lipinski definition) is 2. The van der Waals surface area contributed by atoms with E-state index < -0.39 is 29.6 Å². The molecule has 0 unspecified atom stereocenters. The molecule has 2 aromatic carbocycles. The minimum Gasteiger partial charge on any atom is -0.359 e. The monoisotopic (exact) mass is 561 g/mol.